The summed E-state index contributed by atoms with van der Waals surface area (Å²) < 4.78 is 1.80. The third-order valence-electron chi connectivity index (χ3n) is 3.62. The van der Waals surface area contributed by atoms with Crippen molar-refractivity contribution < 1.29 is 0 Å². The van der Waals surface area contributed by atoms with E-state index in [0.717, 1.165) is 38.0 Å². The van der Waals surface area contributed by atoms with E-state index in [1.807, 2.05) is 6.07 Å². The summed E-state index contributed by atoms with van der Waals surface area (Å²) >= 11 is 3.07. The van der Waals surface area contributed by atoms with Gasteiger partial charge in [-0.1, -0.05) is 30.0 Å². The highest BCUT2D eigenvalue weighted by Gasteiger charge is 2.14. The molecule has 0 atom stereocenters. The molecule has 4 rings (SSSR count). The van der Waals surface area contributed by atoms with Crippen LogP contribution in [0.15, 0.2) is 35.1 Å². The first-order valence-electron chi connectivity index (χ1n) is 7.25. The van der Waals surface area contributed by atoms with Crippen molar-refractivity contribution >= 4 is 33.4 Å². The first-order valence-corrected chi connectivity index (χ1v) is 9.11. The second kappa shape index (κ2) is 6.25. The SMILES string of the molecule is Cc1cccc(C)c1-n1nnnc1CSc1ncnc2scnc12. The van der Waals surface area contributed by atoms with E-state index in [0.29, 0.717) is 5.75 Å². The zero-order chi connectivity index (χ0) is 16.5. The van der Waals surface area contributed by atoms with E-state index in [4.69, 9.17) is 0 Å². The molecule has 0 spiro atoms. The number of thioether (sulfide) groups is 1. The minimum atomic E-state index is 0.602. The molecule has 1 aromatic carbocycles. The number of hydrogen-bond donors (Lipinski definition) is 0. The van der Waals surface area contributed by atoms with Crippen molar-refractivity contribution in [3.8, 4) is 5.69 Å². The van der Waals surface area contributed by atoms with Crippen molar-refractivity contribution in [1.82, 2.24) is 35.2 Å². The fourth-order valence-corrected chi connectivity index (χ4v) is 4.07. The number of hydrogen-bond acceptors (Lipinski definition) is 8. The van der Waals surface area contributed by atoms with Crippen LogP contribution in [0.5, 0.6) is 0 Å². The minimum Gasteiger partial charge on any atom is -0.240 e. The summed E-state index contributed by atoms with van der Waals surface area (Å²) in [6.45, 7) is 4.12. The van der Waals surface area contributed by atoms with Gasteiger partial charge in [0.1, 0.15) is 21.7 Å². The van der Waals surface area contributed by atoms with Crippen LogP contribution in [0.2, 0.25) is 0 Å². The van der Waals surface area contributed by atoms with Crippen LogP contribution in [0.1, 0.15) is 17.0 Å². The number of thiazole rings is 1. The largest absolute Gasteiger partial charge is 0.240 e. The third kappa shape index (κ3) is 2.65. The van der Waals surface area contributed by atoms with Gasteiger partial charge >= 0.3 is 0 Å². The van der Waals surface area contributed by atoms with Gasteiger partial charge in [-0.25, -0.2) is 15.0 Å². The third-order valence-corrected chi connectivity index (χ3v) is 5.33. The molecule has 0 aliphatic rings. The number of para-hydroxylation sites is 1. The number of tetrazole rings is 1. The second-order valence-electron chi connectivity index (χ2n) is 5.22. The number of nitrogens with zero attached hydrogens (tertiary/aromatic N) is 7. The molecule has 0 aliphatic carbocycles. The van der Waals surface area contributed by atoms with Gasteiger partial charge < -0.3 is 0 Å². The molecule has 0 N–H and O–H groups in total. The molecule has 0 amide bonds. The molecule has 4 aromatic rings. The first kappa shape index (κ1) is 15.2. The summed E-state index contributed by atoms with van der Waals surface area (Å²) in [5.41, 5.74) is 5.91. The van der Waals surface area contributed by atoms with Crippen LogP contribution in [-0.2, 0) is 5.75 Å². The molecular weight excluding hydrogens is 342 g/mol. The van der Waals surface area contributed by atoms with Crippen LogP contribution < -0.4 is 0 Å². The van der Waals surface area contributed by atoms with Crippen LogP contribution in [0.4, 0.5) is 0 Å². The highest BCUT2D eigenvalue weighted by Crippen LogP contribution is 2.28. The average molecular weight is 355 g/mol. The molecule has 0 saturated carbocycles. The van der Waals surface area contributed by atoms with E-state index in [-0.39, 0.29) is 0 Å². The topological polar surface area (TPSA) is 82.3 Å². The Bertz CT molecular complexity index is 988. The molecule has 24 heavy (non-hydrogen) atoms. The lowest BCUT2D eigenvalue weighted by Crippen LogP contribution is -2.06. The van der Waals surface area contributed by atoms with Gasteiger partial charge in [0.05, 0.1) is 17.0 Å². The molecule has 0 saturated heterocycles. The summed E-state index contributed by atoms with van der Waals surface area (Å²) in [7, 11) is 0. The Labute approximate surface area is 146 Å². The van der Waals surface area contributed by atoms with Gasteiger partial charge in [-0.05, 0) is 35.4 Å². The van der Waals surface area contributed by atoms with Crippen molar-refractivity contribution in [1.29, 1.82) is 0 Å². The zero-order valence-corrected chi connectivity index (χ0v) is 14.7. The van der Waals surface area contributed by atoms with Gasteiger partial charge in [-0.3, -0.25) is 0 Å². The molecule has 7 nitrogen and oxygen atoms in total. The quantitative estimate of drug-likeness (QED) is 0.411. The summed E-state index contributed by atoms with van der Waals surface area (Å²) in [5, 5.41) is 13.0. The Balaban J connectivity index is 1.65. The maximum absolute atomic E-state index is 4.34. The van der Waals surface area contributed by atoms with Gasteiger partial charge in [0.2, 0.25) is 0 Å². The molecule has 0 aliphatic heterocycles. The molecule has 0 fully saturated rings. The van der Waals surface area contributed by atoms with Gasteiger partial charge in [0.15, 0.2) is 5.82 Å². The minimum absolute atomic E-state index is 0.602. The number of benzene rings is 1. The molecule has 0 bridgehead atoms. The lowest BCUT2D eigenvalue weighted by atomic mass is 10.1. The molecule has 9 heteroatoms. The van der Waals surface area contributed by atoms with Crippen molar-refractivity contribution in [3.63, 3.8) is 0 Å². The molecule has 3 heterocycles. The van der Waals surface area contributed by atoms with Crippen LogP contribution in [0.3, 0.4) is 0 Å². The number of aromatic nitrogens is 7. The smallest absolute Gasteiger partial charge is 0.166 e. The molecule has 0 unspecified atom stereocenters. The Kier molecular flexibility index (Phi) is 3.95. The number of aryl methyl sites for hydroxylation is 2. The van der Waals surface area contributed by atoms with E-state index in [1.54, 1.807) is 28.3 Å². The van der Waals surface area contributed by atoms with Crippen molar-refractivity contribution in [2.75, 3.05) is 0 Å². The summed E-state index contributed by atoms with van der Waals surface area (Å²) in [4.78, 5) is 13.8. The van der Waals surface area contributed by atoms with Crippen LogP contribution in [-0.4, -0.2) is 35.2 Å². The van der Waals surface area contributed by atoms with Crippen molar-refractivity contribution in [2.24, 2.45) is 0 Å². The molecule has 0 radical (unpaired) electrons. The van der Waals surface area contributed by atoms with E-state index >= 15 is 0 Å². The highest BCUT2D eigenvalue weighted by atomic mass is 32.2. The lowest BCUT2D eigenvalue weighted by molar-refractivity contribution is 0.769. The number of rotatable bonds is 4. The standard InChI is InChI=1S/C15H13N7S2/c1-9-4-3-5-10(2)13(9)22-11(19-20-21-22)6-23-14-12-15(17-7-16-14)24-8-18-12/h3-5,7-8H,6H2,1-2H3. The van der Waals surface area contributed by atoms with E-state index < -0.39 is 0 Å². The zero-order valence-electron chi connectivity index (χ0n) is 13.0. The molecule has 120 valence electrons. The summed E-state index contributed by atoms with van der Waals surface area (Å²) in [5.74, 6) is 1.38. The van der Waals surface area contributed by atoms with Crippen LogP contribution >= 0.6 is 23.1 Å². The summed E-state index contributed by atoms with van der Waals surface area (Å²) in [6, 6.07) is 6.15. The number of fused-ring (bicyclic) bond motifs is 1. The Hall–Kier alpha value is -2.39. The monoisotopic (exact) mass is 355 g/mol. The predicted octanol–water partition coefficient (Wildman–Crippen LogP) is 2.97. The fourth-order valence-electron chi connectivity index (χ4n) is 2.52. The van der Waals surface area contributed by atoms with Gasteiger partial charge in [0, 0.05) is 0 Å². The van der Waals surface area contributed by atoms with E-state index in [9.17, 15) is 0 Å². The van der Waals surface area contributed by atoms with E-state index in [2.05, 4.69) is 56.5 Å². The maximum atomic E-state index is 4.34. The van der Waals surface area contributed by atoms with Crippen LogP contribution in [0.25, 0.3) is 16.0 Å². The maximum Gasteiger partial charge on any atom is 0.166 e. The average Bonchev–Trinajstić information content (AvgIpc) is 3.22. The van der Waals surface area contributed by atoms with Gasteiger partial charge in [0.25, 0.3) is 0 Å². The lowest BCUT2D eigenvalue weighted by Gasteiger charge is -2.10. The Morgan fingerprint density at radius 1 is 1.12 bits per heavy atom. The Morgan fingerprint density at radius 3 is 2.79 bits per heavy atom. The second-order valence-corrected chi connectivity index (χ2v) is 7.02. The van der Waals surface area contributed by atoms with Crippen LogP contribution in [0, 0.1) is 13.8 Å². The van der Waals surface area contributed by atoms with E-state index in [1.165, 1.54) is 11.3 Å². The summed E-state index contributed by atoms with van der Waals surface area (Å²) in [6.07, 6.45) is 1.57. The Morgan fingerprint density at radius 2 is 1.96 bits per heavy atom. The van der Waals surface area contributed by atoms with Crippen molar-refractivity contribution in [3.05, 3.63) is 47.0 Å². The highest BCUT2D eigenvalue weighted by molar-refractivity contribution is 7.98. The predicted molar refractivity (Wildman–Crippen MR) is 93.4 cm³/mol. The van der Waals surface area contributed by atoms with Gasteiger partial charge in [-0.15, -0.1) is 16.4 Å². The first-order chi connectivity index (χ1) is 11.7. The molecular formula is C15H13N7S2. The van der Waals surface area contributed by atoms with Gasteiger partial charge in [-0.2, -0.15) is 4.68 Å². The fraction of sp³-hybridized carbons (Fsp3) is 0.200. The molecule has 3 aromatic heterocycles. The van der Waals surface area contributed by atoms with Crippen molar-refractivity contribution in [2.45, 2.75) is 24.6 Å². The normalized spacial score (nSPS) is 11.2.